The number of nitrogens with one attached hydrogen (secondary N) is 1. The van der Waals surface area contributed by atoms with E-state index < -0.39 is 23.5 Å². The number of amides is 1. The van der Waals surface area contributed by atoms with Crippen LogP contribution in [0.5, 0.6) is 0 Å². The fourth-order valence-corrected chi connectivity index (χ4v) is 2.03. The summed E-state index contributed by atoms with van der Waals surface area (Å²) in [6.45, 7) is 14.5. The average molecular weight is 344 g/mol. The number of alkyl carbamates (subject to hydrolysis) is 1. The Morgan fingerprint density at radius 2 is 1.50 bits per heavy atom. The first-order valence-electron chi connectivity index (χ1n) is 9.07. The van der Waals surface area contributed by atoms with Gasteiger partial charge in [0, 0.05) is 0 Å². The van der Waals surface area contributed by atoms with Crippen molar-refractivity contribution in [2.75, 3.05) is 13.2 Å². The van der Waals surface area contributed by atoms with Gasteiger partial charge in [-0.15, -0.1) is 0 Å². The number of esters is 1. The smallest absolute Gasteiger partial charge is 0.407 e. The van der Waals surface area contributed by atoms with Gasteiger partial charge in [-0.1, -0.05) is 74.1 Å². The topological polar surface area (TPSA) is 64.6 Å². The maximum atomic E-state index is 12.3. The van der Waals surface area contributed by atoms with E-state index in [-0.39, 0.29) is 5.41 Å². The first-order valence-corrected chi connectivity index (χ1v) is 9.07. The van der Waals surface area contributed by atoms with Crippen LogP contribution in [-0.4, -0.2) is 31.3 Å². The van der Waals surface area contributed by atoms with Crippen LogP contribution in [0, 0.1) is 10.8 Å². The Labute approximate surface area is 147 Å². The molecular formula is C19H37NO4. The van der Waals surface area contributed by atoms with Gasteiger partial charge in [0.05, 0.1) is 13.2 Å². The van der Waals surface area contributed by atoms with Crippen molar-refractivity contribution in [2.45, 2.75) is 86.6 Å². The summed E-state index contributed by atoms with van der Waals surface area (Å²) < 4.78 is 10.5. The van der Waals surface area contributed by atoms with Crippen LogP contribution in [-0.2, 0) is 14.3 Å². The predicted molar refractivity (Wildman–Crippen MR) is 96.9 cm³/mol. The maximum Gasteiger partial charge on any atom is 0.407 e. The van der Waals surface area contributed by atoms with Gasteiger partial charge in [-0.05, 0) is 17.3 Å². The van der Waals surface area contributed by atoms with Crippen LogP contribution >= 0.6 is 0 Å². The Kier molecular flexibility index (Phi) is 10.0. The molecule has 0 rings (SSSR count). The Morgan fingerprint density at radius 1 is 0.917 bits per heavy atom. The van der Waals surface area contributed by atoms with Crippen molar-refractivity contribution < 1.29 is 19.1 Å². The Morgan fingerprint density at radius 3 is 2.00 bits per heavy atom. The van der Waals surface area contributed by atoms with Crippen molar-refractivity contribution in [3.05, 3.63) is 0 Å². The molecule has 1 N–H and O–H groups in total. The van der Waals surface area contributed by atoms with E-state index >= 15 is 0 Å². The molecule has 5 nitrogen and oxygen atoms in total. The highest BCUT2D eigenvalue weighted by Crippen LogP contribution is 2.21. The molecule has 0 saturated heterocycles. The molecule has 1 amide bonds. The summed E-state index contributed by atoms with van der Waals surface area (Å²) in [6, 6.07) is -0.722. The highest BCUT2D eigenvalue weighted by Gasteiger charge is 2.34. The molecule has 0 aromatic rings. The molecule has 0 fully saturated rings. The average Bonchev–Trinajstić information content (AvgIpc) is 2.44. The first kappa shape index (κ1) is 22.7. The fourth-order valence-electron chi connectivity index (χ4n) is 2.03. The molecule has 142 valence electrons. The molecule has 0 saturated carbocycles. The Hall–Kier alpha value is -1.26. The minimum Gasteiger partial charge on any atom is -0.464 e. The second kappa shape index (κ2) is 10.6. The van der Waals surface area contributed by atoms with E-state index in [0.717, 1.165) is 19.3 Å². The number of hydrogen-bond acceptors (Lipinski definition) is 4. The van der Waals surface area contributed by atoms with E-state index in [1.807, 2.05) is 41.5 Å². The SMILES string of the molecule is CCCCCCCOC(=O)C(NC(=O)OCC(C)(C)C)C(C)(C)C. The van der Waals surface area contributed by atoms with E-state index in [2.05, 4.69) is 12.2 Å². The van der Waals surface area contributed by atoms with Crippen LogP contribution < -0.4 is 5.32 Å². The number of carbonyl (C=O) groups is 2. The molecule has 0 aromatic heterocycles. The van der Waals surface area contributed by atoms with Gasteiger partial charge in [0.25, 0.3) is 0 Å². The summed E-state index contributed by atoms with van der Waals surface area (Å²) in [6.07, 6.45) is 4.89. The summed E-state index contributed by atoms with van der Waals surface area (Å²) in [5.74, 6) is -0.397. The molecule has 0 radical (unpaired) electrons. The summed E-state index contributed by atoms with van der Waals surface area (Å²) in [5, 5.41) is 2.65. The lowest BCUT2D eigenvalue weighted by Gasteiger charge is -2.29. The van der Waals surface area contributed by atoms with Crippen molar-refractivity contribution in [3.63, 3.8) is 0 Å². The van der Waals surface area contributed by atoms with E-state index in [0.29, 0.717) is 13.2 Å². The number of ether oxygens (including phenoxy) is 2. The number of unbranched alkanes of at least 4 members (excludes halogenated alkanes) is 4. The van der Waals surface area contributed by atoms with E-state index in [1.54, 1.807) is 0 Å². The Balaban J connectivity index is 4.40. The van der Waals surface area contributed by atoms with Gasteiger partial charge in [-0.2, -0.15) is 0 Å². The largest absolute Gasteiger partial charge is 0.464 e. The number of rotatable bonds is 9. The molecule has 24 heavy (non-hydrogen) atoms. The van der Waals surface area contributed by atoms with Crippen molar-refractivity contribution in [2.24, 2.45) is 10.8 Å². The second-order valence-electron chi connectivity index (χ2n) is 8.66. The molecule has 0 aliphatic carbocycles. The van der Waals surface area contributed by atoms with E-state index in [1.165, 1.54) is 12.8 Å². The third-order valence-electron chi connectivity index (χ3n) is 3.49. The van der Waals surface area contributed by atoms with Gasteiger partial charge in [0.1, 0.15) is 6.04 Å². The maximum absolute atomic E-state index is 12.3. The molecule has 0 spiro atoms. The number of carbonyl (C=O) groups excluding carboxylic acids is 2. The quantitative estimate of drug-likeness (QED) is 0.487. The first-order chi connectivity index (χ1) is 11.0. The van der Waals surface area contributed by atoms with Crippen LogP contribution in [0.25, 0.3) is 0 Å². The molecule has 0 aromatic carbocycles. The van der Waals surface area contributed by atoms with Crippen LogP contribution in [0.4, 0.5) is 4.79 Å². The van der Waals surface area contributed by atoms with Crippen LogP contribution in [0.2, 0.25) is 0 Å². The molecule has 1 atom stereocenters. The molecule has 0 aliphatic heterocycles. The van der Waals surface area contributed by atoms with Gasteiger partial charge >= 0.3 is 12.1 Å². The monoisotopic (exact) mass is 343 g/mol. The zero-order chi connectivity index (χ0) is 18.8. The van der Waals surface area contributed by atoms with Crippen LogP contribution in [0.15, 0.2) is 0 Å². The van der Waals surface area contributed by atoms with Crippen molar-refractivity contribution >= 4 is 12.1 Å². The summed E-state index contributed by atoms with van der Waals surface area (Å²) in [5.41, 5.74) is -0.562. The summed E-state index contributed by atoms with van der Waals surface area (Å²) >= 11 is 0. The zero-order valence-corrected chi connectivity index (χ0v) is 16.7. The zero-order valence-electron chi connectivity index (χ0n) is 16.7. The van der Waals surface area contributed by atoms with Gasteiger partial charge < -0.3 is 14.8 Å². The highest BCUT2D eigenvalue weighted by atomic mass is 16.6. The lowest BCUT2D eigenvalue weighted by atomic mass is 9.87. The van der Waals surface area contributed by atoms with E-state index in [4.69, 9.17) is 9.47 Å². The lowest BCUT2D eigenvalue weighted by molar-refractivity contribution is -0.149. The third-order valence-corrected chi connectivity index (χ3v) is 3.49. The Bertz CT molecular complexity index is 380. The normalized spacial score (nSPS) is 13.3. The summed E-state index contributed by atoms with van der Waals surface area (Å²) in [7, 11) is 0. The van der Waals surface area contributed by atoms with Gasteiger partial charge in [0.2, 0.25) is 0 Å². The fraction of sp³-hybridized carbons (Fsp3) is 0.895. The van der Waals surface area contributed by atoms with E-state index in [9.17, 15) is 9.59 Å². The molecule has 0 aliphatic rings. The second-order valence-corrected chi connectivity index (χ2v) is 8.66. The lowest BCUT2D eigenvalue weighted by Crippen LogP contribution is -2.50. The summed E-state index contributed by atoms with van der Waals surface area (Å²) in [4.78, 5) is 24.3. The molecule has 0 heterocycles. The molecule has 0 bridgehead atoms. The minimum atomic E-state index is -0.722. The third kappa shape index (κ3) is 11.3. The molecule has 5 heteroatoms. The highest BCUT2D eigenvalue weighted by molar-refractivity contribution is 5.82. The minimum absolute atomic E-state index is 0.117. The number of hydrogen-bond donors (Lipinski definition) is 1. The van der Waals surface area contributed by atoms with Crippen LogP contribution in [0.3, 0.4) is 0 Å². The van der Waals surface area contributed by atoms with Crippen molar-refractivity contribution in [3.8, 4) is 0 Å². The molecule has 1 unspecified atom stereocenters. The van der Waals surface area contributed by atoms with Gasteiger partial charge in [-0.3, -0.25) is 0 Å². The van der Waals surface area contributed by atoms with Crippen molar-refractivity contribution in [1.82, 2.24) is 5.32 Å². The van der Waals surface area contributed by atoms with Crippen molar-refractivity contribution in [1.29, 1.82) is 0 Å². The van der Waals surface area contributed by atoms with Crippen LogP contribution in [0.1, 0.15) is 80.6 Å². The van der Waals surface area contributed by atoms with Gasteiger partial charge in [-0.25, -0.2) is 9.59 Å². The molecular weight excluding hydrogens is 306 g/mol. The predicted octanol–water partition coefficient (Wildman–Crippen LogP) is 4.69. The van der Waals surface area contributed by atoms with Gasteiger partial charge in [0.15, 0.2) is 0 Å². The standard InChI is InChI=1S/C19H37NO4/c1-8-9-10-11-12-13-23-16(21)15(19(5,6)7)20-17(22)24-14-18(2,3)4/h15H,8-14H2,1-7H3,(H,20,22).